The largest absolute Gasteiger partial charge is 0.396 e. The van der Waals surface area contributed by atoms with Crippen molar-refractivity contribution in [2.45, 2.75) is 13.0 Å². The molecule has 1 aromatic rings. The van der Waals surface area contributed by atoms with Crippen LogP contribution in [0.4, 0.5) is 0 Å². The number of carbonyl (C=O) groups is 1. The number of aliphatic hydroxyl groups excluding tert-OH is 1. The van der Waals surface area contributed by atoms with E-state index in [1.54, 1.807) is 11.3 Å². The molecule has 0 radical (unpaired) electrons. The summed E-state index contributed by atoms with van der Waals surface area (Å²) < 4.78 is 0. The second-order valence-electron chi connectivity index (χ2n) is 6.31. The SMILES string of the molecule is O=C(CN1CCC(CO)C1)N1CCN(Cc2cccs2)CC1. The van der Waals surface area contributed by atoms with Crippen molar-refractivity contribution in [1.82, 2.24) is 14.7 Å². The van der Waals surface area contributed by atoms with Gasteiger partial charge < -0.3 is 10.0 Å². The van der Waals surface area contributed by atoms with Crippen LogP contribution in [0, 0.1) is 5.92 Å². The van der Waals surface area contributed by atoms with Crippen LogP contribution in [-0.2, 0) is 11.3 Å². The number of likely N-dealkylation sites (tertiary alicyclic amines) is 1. The number of nitrogens with zero attached hydrogens (tertiary/aromatic N) is 3. The van der Waals surface area contributed by atoms with Gasteiger partial charge in [0, 0.05) is 50.8 Å². The van der Waals surface area contributed by atoms with Gasteiger partial charge in [-0.1, -0.05) is 6.07 Å². The van der Waals surface area contributed by atoms with Crippen LogP contribution in [0.3, 0.4) is 0 Å². The zero-order valence-electron chi connectivity index (χ0n) is 13.0. The molecule has 3 heterocycles. The van der Waals surface area contributed by atoms with Gasteiger partial charge in [-0.15, -0.1) is 11.3 Å². The van der Waals surface area contributed by atoms with Gasteiger partial charge in [-0.25, -0.2) is 0 Å². The highest BCUT2D eigenvalue weighted by Gasteiger charge is 2.27. The average Bonchev–Trinajstić information content (AvgIpc) is 3.19. The molecule has 122 valence electrons. The maximum Gasteiger partial charge on any atom is 0.236 e. The van der Waals surface area contributed by atoms with Crippen LogP contribution >= 0.6 is 11.3 Å². The molecule has 0 aromatic carbocycles. The van der Waals surface area contributed by atoms with E-state index < -0.39 is 0 Å². The molecule has 1 amide bonds. The Morgan fingerprint density at radius 2 is 2.05 bits per heavy atom. The molecule has 2 aliphatic heterocycles. The molecule has 0 bridgehead atoms. The summed E-state index contributed by atoms with van der Waals surface area (Å²) in [5.74, 6) is 0.602. The lowest BCUT2D eigenvalue weighted by atomic mass is 10.1. The lowest BCUT2D eigenvalue weighted by Crippen LogP contribution is -2.50. The number of hydrogen-bond acceptors (Lipinski definition) is 5. The van der Waals surface area contributed by atoms with Crippen LogP contribution in [0.5, 0.6) is 0 Å². The molecule has 6 heteroatoms. The fourth-order valence-electron chi connectivity index (χ4n) is 3.28. The molecule has 0 aliphatic carbocycles. The smallest absolute Gasteiger partial charge is 0.236 e. The molecule has 0 saturated carbocycles. The van der Waals surface area contributed by atoms with Gasteiger partial charge >= 0.3 is 0 Å². The third kappa shape index (κ3) is 4.07. The third-order valence-electron chi connectivity index (χ3n) is 4.67. The summed E-state index contributed by atoms with van der Waals surface area (Å²) in [5, 5.41) is 11.3. The minimum Gasteiger partial charge on any atom is -0.396 e. The monoisotopic (exact) mass is 323 g/mol. The van der Waals surface area contributed by atoms with Crippen LogP contribution in [0.2, 0.25) is 0 Å². The molecule has 2 fully saturated rings. The van der Waals surface area contributed by atoms with Crippen molar-refractivity contribution < 1.29 is 9.90 Å². The number of amides is 1. The average molecular weight is 323 g/mol. The predicted octanol–water partition coefficient (Wildman–Crippen LogP) is 0.707. The highest BCUT2D eigenvalue weighted by Crippen LogP contribution is 2.16. The van der Waals surface area contributed by atoms with E-state index >= 15 is 0 Å². The zero-order chi connectivity index (χ0) is 15.4. The molecule has 1 unspecified atom stereocenters. The van der Waals surface area contributed by atoms with Crippen molar-refractivity contribution >= 4 is 17.2 Å². The maximum absolute atomic E-state index is 12.4. The maximum atomic E-state index is 12.4. The first-order valence-electron chi connectivity index (χ1n) is 8.10. The highest BCUT2D eigenvalue weighted by atomic mass is 32.1. The van der Waals surface area contributed by atoms with Crippen LogP contribution in [0.1, 0.15) is 11.3 Å². The van der Waals surface area contributed by atoms with Crippen molar-refractivity contribution in [3.8, 4) is 0 Å². The Labute approximate surface area is 136 Å². The molecule has 0 spiro atoms. The van der Waals surface area contributed by atoms with E-state index in [1.165, 1.54) is 4.88 Å². The number of piperazine rings is 1. The second kappa shape index (κ2) is 7.55. The molecule has 5 nitrogen and oxygen atoms in total. The topological polar surface area (TPSA) is 47.0 Å². The quantitative estimate of drug-likeness (QED) is 0.867. The first-order chi connectivity index (χ1) is 10.7. The van der Waals surface area contributed by atoms with E-state index in [4.69, 9.17) is 0 Å². The van der Waals surface area contributed by atoms with Crippen LogP contribution in [0.15, 0.2) is 17.5 Å². The summed E-state index contributed by atoms with van der Waals surface area (Å²) >= 11 is 1.80. The van der Waals surface area contributed by atoms with E-state index in [-0.39, 0.29) is 12.5 Å². The lowest BCUT2D eigenvalue weighted by molar-refractivity contribution is -0.134. The molecule has 3 rings (SSSR count). The highest BCUT2D eigenvalue weighted by molar-refractivity contribution is 7.09. The fraction of sp³-hybridized carbons (Fsp3) is 0.688. The molecule has 1 aromatic heterocycles. The van der Waals surface area contributed by atoms with E-state index in [2.05, 4.69) is 27.3 Å². The summed E-state index contributed by atoms with van der Waals surface area (Å²) in [6.07, 6.45) is 1.01. The summed E-state index contributed by atoms with van der Waals surface area (Å²) in [7, 11) is 0. The van der Waals surface area contributed by atoms with E-state index in [1.807, 2.05) is 4.90 Å². The Hall–Kier alpha value is -0.950. The minimum atomic E-state index is 0.242. The van der Waals surface area contributed by atoms with Gasteiger partial charge in [0.25, 0.3) is 0 Å². The third-order valence-corrected chi connectivity index (χ3v) is 5.53. The van der Waals surface area contributed by atoms with Gasteiger partial charge in [-0.3, -0.25) is 14.6 Å². The number of carbonyl (C=O) groups excluding carboxylic acids is 1. The van der Waals surface area contributed by atoms with Crippen molar-refractivity contribution in [1.29, 1.82) is 0 Å². The Bertz CT molecular complexity index is 472. The van der Waals surface area contributed by atoms with Crippen LogP contribution < -0.4 is 0 Å². The normalized spacial score (nSPS) is 24.0. The molecule has 1 N–H and O–H groups in total. The summed E-state index contributed by atoms with van der Waals surface area (Å²) in [5.41, 5.74) is 0. The first-order valence-corrected chi connectivity index (χ1v) is 8.98. The Balaban J connectivity index is 1.40. The molecular formula is C16H25N3O2S. The molecule has 2 saturated heterocycles. The van der Waals surface area contributed by atoms with Gasteiger partial charge in [-0.2, -0.15) is 0 Å². The number of hydrogen-bond donors (Lipinski definition) is 1. The number of aliphatic hydroxyl groups is 1. The van der Waals surface area contributed by atoms with Gasteiger partial charge in [0.05, 0.1) is 6.54 Å². The Kier molecular flexibility index (Phi) is 5.46. The fourth-order valence-corrected chi connectivity index (χ4v) is 4.02. The zero-order valence-corrected chi connectivity index (χ0v) is 13.8. The van der Waals surface area contributed by atoms with Crippen LogP contribution in [0.25, 0.3) is 0 Å². The van der Waals surface area contributed by atoms with E-state index in [0.717, 1.165) is 52.2 Å². The molecular weight excluding hydrogens is 298 g/mol. The first kappa shape index (κ1) is 15.9. The van der Waals surface area contributed by atoms with Gasteiger partial charge in [0.15, 0.2) is 0 Å². The van der Waals surface area contributed by atoms with E-state index in [9.17, 15) is 9.90 Å². The summed E-state index contributed by atoms with van der Waals surface area (Å²) in [6, 6.07) is 4.27. The van der Waals surface area contributed by atoms with Crippen molar-refractivity contribution in [3.63, 3.8) is 0 Å². The van der Waals surface area contributed by atoms with Crippen molar-refractivity contribution in [3.05, 3.63) is 22.4 Å². The molecule has 2 aliphatic rings. The van der Waals surface area contributed by atoms with Gasteiger partial charge in [-0.05, 0) is 30.3 Å². The summed E-state index contributed by atoms with van der Waals surface area (Å²) in [4.78, 5) is 20.4. The number of thiophene rings is 1. The summed E-state index contributed by atoms with van der Waals surface area (Å²) in [6.45, 7) is 7.15. The second-order valence-corrected chi connectivity index (χ2v) is 7.34. The van der Waals surface area contributed by atoms with Gasteiger partial charge in [0.1, 0.15) is 0 Å². The Morgan fingerprint density at radius 1 is 1.23 bits per heavy atom. The Morgan fingerprint density at radius 3 is 2.68 bits per heavy atom. The predicted molar refractivity (Wildman–Crippen MR) is 87.8 cm³/mol. The molecule has 1 atom stereocenters. The minimum absolute atomic E-state index is 0.242. The standard InChI is InChI=1S/C16H25N3O2S/c20-13-14-3-4-18(10-14)12-16(21)19-7-5-17(6-8-19)11-15-2-1-9-22-15/h1-2,9,14,20H,3-8,10-13H2. The van der Waals surface area contributed by atoms with Gasteiger partial charge in [0.2, 0.25) is 5.91 Å². The van der Waals surface area contributed by atoms with E-state index in [0.29, 0.717) is 12.5 Å². The molecule has 22 heavy (non-hydrogen) atoms. The van der Waals surface area contributed by atoms with Crippen LogP contribution in [-0.4, -0.2) is 78.1 Å². The lowest BCUT2D eigenvalue weighted by Gasteiger charge is -2.35. The number of rotatable bonds is 5. The van der Waals surface area contributed by atoms with Crippen molar-refractivity contribution in [2.24, 2.45) is 5.92 Å². The van der Waals surface area contributed by atoms with Crippen molar-refractivity contribution in [2.75, 3.05) is 52.4 Å².